The smallest absolute Gasteiger partial charge is 0.244 e. The van der Waals surface area contributed by atoms with Crippen molar-refractivity contribution in [3.05, 3.63) is 0 Å². The number of ketones is 1. The predicted molar refractivity (Wildman–Crippen MR) is 35.0 cm³/mol. The van der Waals surface area contributed by atoms with Crippen LogP contribution in [0.1, 0.15) is 6.42 Å². The van der Waals surface area contributed by atoms with E-state index in [1.54, 1.807) is 19.1 Å². The fourth-order valence-electron chi connectivity index (χ4n) is 0.891. The van der Waals surface area contributed by atoms with Crippen LogP contribution in [-0.4, -0.2) is 42.3 Å². The predicted octanol–water partition coefficient (Wildman–Crippen LogP) is -0.736. The molecule has 0 radical (unpaired) electrons. The van der Waals surface area contributed by atoms with E-state index < -0.39 is 0 Å². The van der Waals surface area contributed by atoms with Crippen molar-refractivity contribution in [3.8, 4) is 0 Å². The van der Waals surface area contributed by atoms with Gasteiger partial charge in [0.1, 0.15) is 0 Å². The summed E-state index contributed by atoms with van der Waals surface area (Å²) in [6.45, 7) is 0.349. The average molecular weight is 142 g/mol. The quantitative estimate of drug-likeness (QED) is 0.418. The Hall–Kier alpha value is -0.900. The first kappa shape index (κ1) is 7.21. The molecule has 1 amide bonds. The van der Waals surface area contributed by atoms with Crippen LogP contribution in [0.3, 0.4) is 0 Å². The molecule has 0 aromatic rings. The van der Waals surface area contributed by atoms with Crippen molar-refractivity contribution in [2.75, 3.05) is 20.6 Å². The zero-order valence-electron chi connectivity index (χ0n) is 6.13. The summed E-state index contributed by atoms with van der Waals surface area (Å²) in [6.07, 6.45) is 0.0564. The van der Waals surface area contributed by atoms with Crippen LogP contribution in [0.5, 0.6) is 0 Å². The van der Waals surface area contributed by atoms with E-state index in [2.05, 4.69) is 0 Å². The molecule has 1 saturated heterocycles. The van der Waals surface area contributed by atoms with Crippen LogP contribution in [0.15, 0.2) is 0 Å². The van der Waals surface area contributed by atoms with Crippen molar-refractivity contribution in [2.24, 2.45) is 0 Å². The normalized spacial score (nSPS) is 22.0. The number of Topliss-reactive ketones (excluding diaryl/α,β-unsaturated/α-hetero) is 1. The Morgan fingerprint density at radius 1 is 1.30 bits per heavy atom. The molecular formula is C6H10N2O2. The highest BCUT2D eigenvalue weighted by molar-refractivity contribution is 6.00. The molecule has 0 bridgehead atoms. The van der Waals surface area contributed by atoms with Crippen LogP contribution in [0.4, 0.5) is 0 Å². The first-order chi connectivity index (χ1) is 4.61. The summed E-state index contributed by atoms with van der Waals surface area (Å²) < 4.78 is 0. The highest BCUT2D eigenvalue weighted by Gasteiger charge is 2.24. The molecule has 1 aliphatic rings. The number of nitrogens with zero attached hydrogens (tertiary/aromatic N) is 2. The van der Waals surface area contributed by atoms with Gasteiger partial charge >= 0.3 is 0 Å². The molecule has 56 valence electrons. The molecular weight excluding hydrogens is 132 g/mol. The monoisotopic (exact) mass is 142 g/mol. The van der Waals surface area contributed by atoms with Crippen molar-refractivity contribution in [1.82, 2.24) is 10.0 Å². The van der Waals surface area contributed by atoms with Crippen LogP contribution in [0, 0.1) is 0 Å². The third kappa shape index (κ3) is 1.16. The zero-order chi connectivity index (χ0) is 7.72. The number of hydrogen-bond acceptors (Lipinski definition) is 3. The Morgan fingerprint density at radius 3 is 2.40 bits per heavy atom. The number of likely N-dealkylation sites (N-methyl/N-ethyl adjacent to an activating group) is 1. The maximum atomic E-state index is 10.9. The SMILES string of the molecule is CN1CC(=O)CC(=O)N1C. The van der Waals surface area contributed by atoms with Gasteiger partial charge in [-0.1, -0.05) is 0 Å². The number of amides is 1. The number of rotatable bonds is 0. The summed E-state index contributed by atoms with van der Waals surface area (Å²) >= 11 is 0. The standard InChI is InChI=1S/C6H10N2O2/c1-7-4-5(9)3-6(10)8(7)2/h3-4H2,1-2H3. The fraction of sp³-hybridized carbons (Fsp3) is 0.667. The molecule has 1 rings (SSSR count). The molecule has 0 N–H and O–H groups in total. The Morgan fingerprint density at radius 2 is 1.90 bits per heavy atom. The minimum Gasteiger partial charge on any atom is -0.298 e. The van der Waals surface area contributed by atoms with Gasteiger partial charge < -0.3 is 0 Å². The van der Waals surface area contributed by atoms with E-state index in [0.717, 1.165) is 0 Å². The highest BCUT2D eigenvalue weighted by Crippen LogP contribution is 2.03. The van der Waals surface area contributed by atoms with E-state index in [4.69, 9.17) is 0 Å². The minimum atomic E-state index is -0.126. The van der Waals surface area contributed by atoms with Gasteiger partial charge in [-0.05, 0) is 0 Å². The molecule has 0 aromatic carbocycles. The fourth-order valence-corrected chi connectivity index (χ4v) is 0.891. The maximum absolute atomic E-state index is 10.9. The third-order valence-electron chi connectivity index (χ3n) is 1.63. The molecule has 4 nitrogen and oxygen atoms in total. The lowest BCUT2D eigenvalue weighted by Gasteiger charge is -2.31. The Balaban J connectivity index is 2.66. The number of hydrazine groups is 1. The lowest BCUT2D eigenvalue weighted by atomic mass is 10.2. The molecule has 10 heavy (non-hydrogen) atoms. The van der Waals surface area contributed by atoms with Crippen LogP contribution >= 0.6 is 0 Å². The minimum absolute atomic E-state index is 0.00870. The van der Waals surface area contributed by atoms with Gasteiger partial charge in [0.25, 0.3) is 0 Å². The average Bonchev–Trinajstić information content (AvgIpc) is 1.82. The van der Waals surface area contributed by atoms with Gasteiger partial charge in [-0.15, -0.1) is 0 Å². The molecule has 0 aliphatic carbocycles. The van der Waals surface area contributed by atoms with Gasteiger partial charge in [0.2, 0.25) is 5.91 Å². The lowest BCUT2D eigenvalue weighted by molar-refractivity contribution is -0.154. The van der Waals surface area contributed by atoms with E-state index in [-0.39, 0.29) is 18.1 Å². The molecule has 1 aliphatic heterocycles. The lowest BCUT2D eigenvalue weighted by Crippen LogP contribution is -2.49. The van der Waals surface area contributed by atoms with Crippen molar-refractivity contribution in [2.45, 2.75) is 6.42 Å². The van der Waals surface area contributed by atoms with Crippen molar-refractivity contribution < 1.29 is 9.59 Å². The summed E-state index contributed by atoms with van der Waals surface area (Å²) in [7, 11) is 3.38. The third-order valence-corrected chi connectivity index (χ3v) is 1.63. The number of carbonyl (C=O) groups excluding carboxylic acids is 2. The summed E-state index contributed by atoms with van der Waals surface area (Å²) in [5, 5.41) is 3.07. The molecule has 1 heterocycles. The van der Waals surface area contributed by atoms with E-state index in [9.17, 15) is 9.59 Å². The number of carbonyl (C=O) groups is 2. The molecule has 0 atom stereocenters. The van der Waals surface area contributed by atoms with Crippen LogP contribution in [0.25, 0.3) is 0 Å². The van der Waals surface area contributed by atoms with Gasteiger partial charge in [-0.25, -0.2) is 5.01 Å². The molecule has 0 aromatic heterocycles. The first-order valence-electron chi connectivity index (χ1n) is 3.10. The largest absolute Gasteiger partial charge is 0.298 e. The van der Waals surface area contributed by atoms with Gasteiger partial charge in [-0.3, -0.25) is 14.6 Å². The maximum Gasteiger partial charge on any atom is 0.244 e. The van der Waals surface area contributed by atoms with Gasteiger partial charge in [0.15, 0.2) is 5.78 Å². The second-order valence-electron chi connectivity index (χ2n) is 2.45. The van der Waals surface area contributed by atoms with Crippen LogP contribution in [0.2, 0.25) is 0 Å². The summed E-state index contributed by atoms with van der Waals surface area (Å²) in [5.41, 5.74) is 0. The van der Waals surface area contributed by atoms with E-state index in [1.807, 2.05) is 0 Å². The van der Waals surface area contributed by atoms with Crippen LogP contribution in [-0.2, 0) is 9.59 Å². The summed E-state index contributed by atoms with van der Waals surface area (Å²) in [4.78, 5) is 21.6. The van der Waals surface area contributed by atoms with Crippen molar-refractivity contribution in [3.63, 3.8) is 0 Å². The van der Waals surface area contributed by atoms with Crippen molar-refractivity contribution >= 4 is 11.7 Å². The van der Waals surface area contributed by atoms with Crippen molar-refractivity contribution in [1.29, 1.82) is 0 Å². The number of hydrogen-bond donors (Lipinski definition) is 0. The molecule has 0 spiro atoms. The summed E-state index contributed by atoms with van der Waals surface area (Å²) in [5.74, 6) is -0.135. The second-order valence-corrected chi connectivity index (χ2v) is 2.45. The Bertz CT molecular complexity index is 179. The van der Waals surface area contributed by atoms with Crippen LogP contribution < -0.4 is 0 Å². The van der Waals surface area contributed by atoms with Gasteiger partial charge in [-0.2, -0.15) is 0 Å². The zero-order valence-corrected chi connectivity index (χ0v) is 6.13. The van der Waals surface area contributed by atoms with E-state index in [1.165, 1.54) is 5.01 Å². The topological polar surface area (TPSA) is 40.6 Å². The Labute approximate surface area is 59.4 Å². The molecule has 0 saturated carbocycles. The molecule has 4 heteroatoms. The highest BCUT2D eigenvalue weighted by atomic mass is 16.2. The van der Waals surface area contributed by atoms with E-state index >= 15 is 0 Å². The van der Waals surface area contributed by atoms with Gasteiger partial charge in [0, 0.05) is 14.1 Å². The molecule has 0 unspecified atom stereocenters. The second kappa shape index (κ2) is 2.38. The molecule has 1 fully saturated rings. The first-order valence-corrected chi connectivity index (χ1v) is 3.10. The van der Waals surface area contributed by atoms with E-state index in [0.29, 0.717) is 6.54 Å². The Kier molecular flexibility index (Phi) is 1.72. The van der Waals surface area contributed by atoms with Gasteiger partial charge in [0.05, 0.1) is 13.0 Å². The summed E-state index contributed by atoms with van der Waals surface area (Å²) in [6, 6.07) is 0.